The lowest BCUT2D eigenvalue weighted by molar-refractivity contribution is -0.156. The predicted octanol–water partition coefficient (Wildman–Crippen LogP) is 3.25. The number of esters is 1. The minimum absolute atomic E-state index is 0.178. The Labute approximate surface area is 183 Å². The van der Waals surface area contributed by atoms with Crippen LogP contribution in [-0.4, -0.2) is 61.2 Å². The second-order valence-corrected chi connectivity index (χ2v) is 8.64. The van der Waals surface area contributed by atoms with Crippen molar-refractivity contribution in [1.82, 2.24) is 10.2 Å². The van der Waals surface area contributed by atoms with Crippen molar-refractivity contribution in [2.75, 3.05) is 21.0 Å². The fourth-order valence-electron chi connectivity index (χ4n) is 2.88. The smallest absolute Gasteiger partial charge is 0.412 e. The first kappa shape index (κ1) is 24.3. The van der Waals surface area contributed by atoms with Crippen molar-refractivity contribution in [2.45, 2.75) is 64.1 Å². The molecule has 1 aliphatic carbocycles. The standard InChI is InChI=1S/C22H32N2O7/c1-15(13-16-9-7-8-10-17(16)28-6)24(5)20(27)30-14-29-18(25)22(11-12-22)23-19(26)31-21(2,3)4/h7-10,15H,11-14H2,1-6H3,(H,23,26). The molecule has 172 valence electrons. The molecule has 1 saturated carbocycles. The Morgan fingerprint density at radius 2 is 1.81 bits per heavy atom. The summed E-state index contributed by atoms with van der Waals surface area (Å²) in [5.74, 6) is 0.0909. The monoisotopic (exact) mass is 436 g/mol. The number of methoxy groups -OCH3 is 1. The van der Waals surface area contributed by atoms with Crippen LogP contribution in [-0.2, 0) is 25.4 Å². The van der Waals surface area contributed by atoms with Crippen molar-refractivity contribution in [1.29, 1.82) is 0 Å². The molecule has 0 aromatic heterocycles. The Hall–Kier alpha value is -2.97. The van der Waals surface area contributed by atoms with Gasteiger partial charge >= 0.3 is 18.2 Å². The lowest BCUT2D eigenvalue weighted by Gasteiger charge is -2.25. The topological polar surface area (TPSA) is 103 Å². The number of benzene rings is 1. The van der Waals surface area contributed by atoms with Crippen LogP contribution < -0.4 is 10.1 Å². The quantitative estimate of drug-likeness (QED) is 0.493. The molecule has 0 saturated heterocycles. The molecule has 9 heteroatoms. The SMILES string of the molecule is COc1ccccc1CC(C)N(C)C(=O)OCOC(=O)C1(NC(=O)OC(C)(C)C)CC1. The van der Waals surface area contributed by atoms with Crippen molar-refractivity contribution >= 4 is 18.2 Å². The molecule has 1 aromatic carbocycles. The molecule has 1 N–H and O–H groups in total. The molecule has 0 radical (unpaired) electrons. The molecular weight excluding hydrogens is 404 g/mol. The van der Waals surface area contributed by atoms with Crippen molar-refractivity contribution < 1.29 is 33.3 Å². The lowest BCUT2D eigenvalue weighted by Crippen LogP contribution is -2.46. The highest BCUT2D eigenvalue weighted by molar-refractivity contribution is 5.88. The molecule has 0 spiro atoms. The van der Waals surface area contributed by atoms with E-state index in [9.17, 15) is 14.4 Å². The van der Waals surface area contributed by atoms with E-state index >= 15 is 0 Å². The van der Waals surface area contributed by atoms with E-state index in [0.717, 1.165) is 11.3 Å². The zero-order valence-electron chi connectivity index (χ0n) is 19.0. The molecule has 2 amide bonds. The van der Waals surface area contributed by atoms with Gasteiger partial charge in [0.1, 0.15) is 16.9 Å². The molecular formula is C22H32N2O7. The summed E-state index contributed by atoms with van der Waals surface area (Å²) >= 11 is 0. The number of amides is 2. The maximum atomic E-state index is 12.3. The van der Waals surface area contributed by atoms with Gasteiger partial charge in [0.05, 0.1) is 7.11 Å². The van der Waals surface area contributed by atoms with Crippen LogP contribution in [0, 0.1) is 0 Å². The van der Waals surface area contributed by atoms with Crippen LogP contribution in [0.2, 0.25) is 0 Å². The van der Waals surface area contributed by atoms with Crippen LogP contribution in [0.1, 0.15) is 46.1 Å². The highest BCUT2D eigenvalue weighted by Gasteiger charge is 2.53. The number of para-hydroxylation sites is 1. The fraction of sp³-hybridized carbons (Fsp3) is 0.591. The third-order valence-corrected chi connectivity index (χ3v) is 4.91. The Kier molecular flexibility index (Phi) is 7.75. The number of nitrogens with one attached hydrogen (secondary N) is 1. The molecule has 9 nitrogen and oxygen atoms in total. The number of alkyl carbamates (subject to hydrolysis) is 1. The van der Waals surface area contributed by atoms with E-state index in [1.54, 1.807) is 34.9 Å². The molecule has 0 heterocycles. The van der Waals surface area contributed by atoms with Gasteiger partial charge in [-0.2, -0.15) is 0 Å². The number of hydrogen-bond donors (Lipinski definition) is 1. The van der Waals surface area contributed by atoms with Crippen molar-refractivity contribution in [2.24, 2.45) is 0 Å². The van der Waals surface area contributed by atoms with Crippen LogP contribution in [0.5, 0.6) is 5.75 Å². The van der Waals surface area contributed by atoms with Gasteiger partial charge in [-0.25, -0.2) is 14.4 Å². The van der Waals surface area contributed by atoms with Crippen LogP contribution in [0.4, 0.5) is 9.59 Å². The third-order valence-electron chi connectivity index (χ3n) is 4.91. The molecule has 1 unspecified atom stereocenters. The molecule has 1 aromatic rings. The summed E-state index contributed by atoms with van der Waals surface area (Å²) in [6, 6.07) is 7.40. The number of rotatable bonds is 8. The minimum atomic E-state index is -1.11. The predicted molar refractivity (Wildman–Crippen MR) is 113 cm³/mol. The normalized spacial score (nSPS) is 15.3. The largest absolute Gasteiger partial charge is 0.496 e. The van der Waals surface area contributed by atoms with Gasteiger partial charge in [-0.3, -0.25) is 0 Å². The molecule has 2 rings (SSSR count). The van der Waals surface area contributed by atoms with Gasteiger partial charge in [-0.15, -0.1) is 0 Å². The first-order chi connectivity index (χ1) is 14.5. The number of carbonyl (C=O) groups excluding carboxylic acids is 3. The fourth-order valence-corrected chi connectivity index (χ4v) is 2.88. The number of carbonyl (C=O) groups is 3. The molecule has 1 atom stereocenters. The first-order valence-electron chi connectivity index (χ1n) is 10.2. The van der Waals surface area contributed by atoms with Gasteiger partial charge in [-0.05, 0) is 58.6 Å². The van der Waals surface area contributed by atoms with E-state index in [1.807, 2.05) is 31.2 Å². The van der Waals surface area contributed by atoms with Gasteiger partial charge < -0.3 is 29.2 Å². The van der Waals surface area contributed by atoms with Crippen molar-refractivity contribution in [3.8, 4) is 5.75 Å². The second-order valence-electron chi connectivity index (χ2n) is 8.64. The number of ether oxygens (including phenoxy) is 4. The highest BCUT2D eigenvalue weighted by atomic mass is 16.7. The lowest BCUT2D eigenvalue weighted by atomic mass is 10.1. The van der Waals surface area contributed by atoms with Gasteiger partial charge in [0.2, 0.25) is 6.79 Å². The summed E-state index contributed by atoms with van der Waals surface area (Å²) in [6.07, 6.45) is 0.131. The summed E-state index contributed by atoms with van der Waals surface area (Å²) in [4.78, 5) is 38.0. The Balaban J connectivity index is 1.79. The highest BCUT2D eigenvalue weighted by Crippen LogP contribution is 2.37. The average molecular weight is 437 g/mol. The Morgan fingerprint density at radius 3 is 2.39 bits per heavy atom. The van der Waals surface area contributed by atoms with E-state index in [0.29, 0.717) is 19.3 Å². The number of likely N-dealkylation sites (N-methyl/N-ethyl adjacent to an activating group) is 1. The zero-order valence-corrected chi connectivity index (χ0v) is 19.0. The minimum Gasteiger partial charge on any atom is -0.496 e. The molecule has 1 fully saturated rings. The average Bonchev–Trinajstić information content (AvgIpc) is 3.46. The van der Waals surface area contributed by atoms with Crippen molar-refractivity contribution in [3.63, 3.8) is 0 Å². The Morgan fingerprint density at radius 1 is 1.16 bits per heavy atom. The van der Waals surface area contributed by atoms with Gasteiger partial charge in [0.25, 0.3) is 0 Å². The first-order valence-corrected chi connectivity index (χ1v) is 10.2. The van der Waals surface area contributed by atoms with Crippen LogP contribution in [0.15, 0.2) is 24.3 Å². The molecule has 1 aliphatic rings. The molecule has 0 aliphatic heterocycles. The van der Waals surface area contributed by atoms with E-state index in [-0.39, 0.29) is 6.04 Å². The van der Waals surface area contributed by atoms with Crippen LogP contribution in [0.3, 0.4) is 0 Å². The third kappa shape index (κ3) is 7.04. The van der Waals surface area contributed by atoms with Gasteiger partial charge in [0, 0.05) is 13.1 Å². The summed E-state index contributed by atoms with van der Waals surface area (Å²) in [5.41, 5.74) is -0.824. The summed E-state index contributed by atoms with van der Waals surface area (Å²) in [5, 5.41) is 2.54. The van der Waals surface area contributed by atoms with Crippen molar-refractivity contribution in [3.05, 3.63) is 29.8 Å². The maximum Gasteiger partial charge on any atom is 0.412 e. The Bertz CT molecular complexity index is 799. The second kappa shape index (κ2) is 9.89. The van der Waals surface area contributed by atoms with Gasteiger partial charge in [0.15, 0.2) is 0 Å². The van der Waals surface area contributed by atoms with Crippen LogP contribution >= 0.6 is 0 Å². The maximum absolute atomic E-state index is 12.3. The zero-order chi connectivity index (χ0) is 23.2. The number of hydrogen-bond acceptors (Lipinski definition) is 7. The molecule has 31 heavy (non-hydrogen) atoms. The number of nitrogens with zero attached hydrogens (tertiary/aromatic N) is 1. The van der Waals surface area contributed by atoms with E-state index < -0.39 is 36.1 Å². The molecule has 0 bridgehead atoms. The summed E-state index contributed by atoms with van der Waals surface area (Å²) in [7, 11) is 3.21. The summed E-state index contributed by atoms with van der Waals surface area (Å²) < 4.78 is 20.6. The van der Waals surface area contributed by atoms with E-state index in [4.69, 9.17) is 18.9 Å². The van der Waals surface area contributed by atoms with Gasteiger partial charge in [-0.1, -0.05) is 18.2 Å². The van der Waals surface area contributed by atoms with E-state index in [2.05, 4.69) is 5.32 Å². The van der Waals surface area contributed by atoms with Crippen LogP contribution in [0.25, 0.3) is 0 Å². The summed E-state index contributed by atoms with van der Waals surface area (Å²) in [6.45, 7) is 6.53. The van der Waals surface area contributed by atoms with E-state index in [1.165, 1.54) is 4.90 Å².